The Bertz CT molecular complexity index is 975. The van der Waals surface area contributed by atoms with Crippen molar-refractivity contribution in [2.75, 3.05) is 6.79 Å². The highest BCUT2D eigenvalue weighted by Crippen LogP contribution is 2.34. The molecule has 0 atom stereocenters. The number of amides is 3. The Hall–Kier alpha value is -3.55. The van der Waals surface area contributed by atoms with Gasteiger partial charge in [-0.15, -0.1) is 0 Å². The van der Waals surface area contributed by atoms with E-state index in [-0.39, 0.29) is 24.5 Å². The van der Waals surface area contributed by atoms with Crippen LogP contribution >= 0.6 is 0 Å². The van der Waals surface area contributed by atoms with Crippen molar-refractivity contribution in [1.82, 2.24) is 10.0 Å². The highest BCUT2D eigenvalue weighted by atomic mass is 16.7. The number of fused-ring (bicyclic) bond motifs is 2. The van der Waals surface area contributed by atoms with E-state index in [1.54, 1.807) is 63.2 Å². The molecule has 0 spiro atoms. The molecule has 2 aromatic rings. The molecule has 0 fully saturated rings. The van der Waals surface area contributed by atoms with Crippen molar-refractivity contribution >= 4 is 17.9 Å². The van der Waals surface area contributed by atoms with Crippen LogP contribution in [-0.2, 0) is 11.3 Å². The molecule has 0 unspecified atom stereocenters. The Morgan fingerprint density at radius 1 is 1.03 bits per heavy atom. The zero-order chi connectivity index (χ0) is 20.8. The molecule has 0 radical (unpaired) electrons. The predicted octanol–water partition coefficient (Wildman–Crippen LogP) is 3.36. The van der Waals surface area contributed by atoms with Gasteiger partial charge >= 0.3 is 6.09 Å². The zero-order valence-corrected chi connectivity index (χ0v) is 16.3. The second-order valence-corrected chi connectivity index (χ2v) is 7.69. The summed E-state index contributed by atoms with van der Waals surface area (Å²) in [6.07, 6.45) is -0.801. The van der Waals surface area contributed by atoms with Crippen LogP contribution in [0.5, 0.6) is 11.5 Å². The summed E-state index contributed by atoms with van der Waals surface area (Å²) in [6, 6.07) is 11.6. The lowest BCUT2D eigenvalue weighted by Gasteiger charge is -2.32. The second-order valence-electron chi connectivity index (χ2n) is 7.69. The van der Waals surface area contributed by atoms with Crippen LogP contribution in [0.1, 0.15) is 47.1 Å². The predicted molar refractivity (Wildman–Crippen MR) is 101 cm³/mol. The fourth-order valence-electron chi connectivity index (χ4n) is 3.14. The molecular weight excluding hydrogens is 376 g/mol. The fourth-order valence-corrected chi connectivity index (χ4v) is 3.14. The van der Waals surface area contributed by atoms with Crippen molar-refractivity contribution in [3.8, 4) is 11.5 Å². The molecule has 8 nitrogen and oxygen atoms in total. The van der Waals surface area contributed by atoms with Crippen LogP contribution in [0.25, 0.3) is 0 Å². The lowest BCUT2D eigenvalue weighted by atomic mass is 10.1. The molecule has 0 aromatic heterocycles. The van der Waals surface area contributed by atoms with Gasteiger partial charge in [0.25, 0.3) is 11.8 Å². The molecule has 29 heavy (non-hydrogen) atoms. The molecule has 2 aliphatic rings. The number of hydrazine groups is 1. The van der Waals surface area contributed by atoms with Crippen LogP contribution in [0.3, 0.4) is 0 Å². The third kappa shape index (κ3) is 3.49. The van der Waals surface area contributed by atoms with E-state index < -0.39 is 23.5 Å². The van der Waals surface area contributed by atoms with Crippen molar-refractivity contribution < 1.29 is 28.6 Å². The molecule has 3 amide bonds. The molecule has 2 heterocycles. The topological polar surface area (TPSA) is 85.4 Å². The summed E-state index contributed by atoms with van der Waals surface area (Å²) in [5, 5.41) is 1.86. The number of benzene rings is 2. The molecule has 0 aliphatic carbocycles. The van der Waals surface area contributed by atoms with Crippen molar-refractivity contribution in [1.29, 1.82) is 0 Å². The number of ether oxygens (including phenoxy) is 3. The number of carbonyl (C=O) groups is 3. The lowest BCUT2D eigenvalue weighted by Crippen LogP contribution is -2.50. The maximum Gasteiger partial charge on any atom is 0.430 e. The SMILES string of the molecule is CC(C)(C)OC(=O)N(Cc1ccc2c(c1)OCO2)N1C(=O)c2ccccc2C1=O. The van der Waals surface area contributed by atoms with Gasteiger partial charge in [-0.25, -0.2) is 9.80 Å². The van der Waals surface area contributed by atoms with Gasteiger partial charge in [0.1, 0.15) is 5.60 Å². The van der Waals surface area contributed by atoms with E-state index in [1.165, 1.54) is 0 Å². The molecule has 0 bridgehead atoms. The minimum atomic E-state index is -0.803. The highest BCUT2D eigenvalue weighted by molar-refractivity contribution is 6.21. The first-order valence-electron chi connectivity index (χ1n) is 9.11. The number of hydrogen-bond donors (Lipinski definition) is 0. The van der Waals surface area contributed by atoms with Gasteiger partial charge in [-0.2, -0.15) is 5.01 Å². The summed E-state index contributed by atoms with van der Waals surface area (Å²) in [5.74, 6) is -0.0123. The molecule has 0 saturated heterocycles. The molecule has 150 valence electrons. The van der Waals surface area contributed by atoms with Crippen LogP contribution in [0, 0.1) is 0 Å². The van der Waals surface area contributed by atoms with Gasteiger partial charge in [-0.1, -0.05) is 18.2 Å². The smallest absolute Gasteiger partial charge is 0.430 e. The molecule has 2 aromatic carbocycles. The number of imide groups is 1. The first-order valence-corrected chi connectivity index (χ1v) is 9.11. The van der Waals surface area contributed by atoms with E-state index in [0.29, 0.717) is 17.1 Å². The van der Waals surface area contributed by atoms with E-state index in [1.807, 2.05) is 0 Å². The van der Waals surface area contributed by atoms with Gasteiger partial charge < -0.3 is 14.2 Å². The van der Waals surface area contributed by atoms with Crippen molar-refractivity contribution in [2.45, 2.75) is 32.9 Å². The van der Waals surface area contributed by atoms with E-state index in [2.05, 4.69) is 0 Å². The lowest BCUT2D eigenvalue weighted by molar-refractivity contribution is -0.0319. The highest BCUT2D eigenvalue weighted by Gasteiger charge is 2.42. The van der Waals surface area contributed by atoms with Crippen molar-refractivity contribution in [2.24, 2.45) is 0 Å². The molecule has 4 rings (SSSR count). The molecule has 0 N–H and O–H groups in total. The van der Waals surface area contributed by atoms with Crippen LogP contribution in [-0.4, -0.2) is 40.3 Å². The van der Waals surface area contributed by atoms with Crippen molar-refractivity contribution in [3.63, 3.8) is 0 Å². The number of nitrogens with zero attached hydrogens (tertiary/aromatic N) is 2. The number of carbonyl (C=O) groups excluding carboxylic acids is 3. The average molecular weight is 396 g/mol. The summed E-state index contributed by atoms with van der Waals surface area (Å²) >= 11 is 0. The van der Waals surface area contributed by atoms with E-state index >= 15 is 0 Å². The Kier molecular flexibility index (Phi) is 4.41. The maximum atomic E-state index is 12.9. The third-order valence-corrected chi connectivity index (χ3v) is 4.39. The Balaban J connectivity index is 1.69. The van der Waals surface area contributed by atoms with Crippen LogP contribution in [0.4, 0.5) is 4.79 Å². The van der Waals surface area contributed by atoms with Gasteiger partial charge in [-0.3, -0.25) is 9.59 Å². The molecular formula is C21H20N2O6. The van der Waals surface area contributed by atoms with Gasteiger partial charge in [0.15, 0.2) is 11.5 Å². The van der Waals surface area contributed by atoms with Gasteiger partial charge in [-0.05, 0) is 50.6 Å². The minimum absolute atomic E-state index is 0.0585. The van der Waals surface area contributed by atoms with Gasteiger partial charge in [0, 0.05) is 0 Å². The third-order valence-electron chi connectivity index (χ3n) is 4.39. The monoisotopic (exact) mass is 396 g/mol. The van der Waals surface area contributed by atoms with Gasteiger partial charge in [0.05, 0.1) is 17.7 Å². The normalized spacial score (nSPS) is 14.8. The molecule has 0 saturated carbocycles. The zero-order valence-electron chi connectivity index (χ0n) is 16.3. The number of hydrogen-bond acceptors (Lipinski definition) is 6. The quantitative estimate of drug-likeness (QED) is 0.740. The fraction of sp³-hybridized carbons (Fsp3) is 0.286. The van der Waals surface area contributed by atoms with E-state index in [0.717, 1.165) is 10.0 Å². The standard InChI is InChI=1S/C21H20N2O6/c1-21(2,3)29-20(26)22(11-13-8-9-16-17(10-13)28-12-27-16)23-18(24)14-6-4-5-7-15(14)19(23)25/h4-10H,11-12H2,1-3H3. The average Bonchev–Trinajstić information content (AvgIpc) is 3.22. The summed E-state index contributed by atoms with van der Waals surface area (Å²) in [6.45, 7) is 5.20. The largest absolute Gasteiger partial charge is 0.454 e. The maximum absolute atomic E-state index is 12.9. The number of rotatable bonds is 3. The molecule has 2 aliphatic heterocycles. The Morgan fingerprint density at radius 3 is 2.28 bits per heavy atom. The Labute approximate surface area is 167 Å². The summed E-state index contributed by atoms with van der Waals surface area (Å²) in [5.41, 5.74) is 0.341. The Morgan fingerprint density at radius 2 is 1.66 bits per heavy atom. The summed E-state index contributed by atoms with van der Waals surface area (Å²) in [7, 11) is 0. The summed E-state index contributed by atoms with van der Waals surface area (Å²) < 4.78 is 16.1. The van der Waals surface area contributed by atoms with Gasteiger partial charge in [0.2, 0.25) is 6.79 Å². The minimum Gasteiger partial charge on any atom is -0.454 e. The van der Waals surface area contributed by atoms with Crippen LogP contribution in [0.2, 0.25) is 0 Å². The van der Waals surface area contributed by atoms with Crippen LogP contribution in [0.15, 0.2) is 42.5 Å². The first-order chi connectivity index (χ1) is 13.7. The molecule has 8 heteroatoms. The van der Waals surface area contributed by atoms with Crippen molar-refractivity contribution in [3.05, 3.63) is 59.2 Å². The summed E-state index contributed by atoms with van der Waals surface area (Å²) in [4.78, 5) is 38.7. The van der Waals surface area contributed by atoms with E-state index in [4.69, 9.17) is 14.2 Å². The first kappa shape index (κ1) is 18.8. The van der Waals surface area contributed by atoms with E-state index in [9.17, 15) is 14.4 Å². The second kappa shape index (κ2) is 6.80. The van der Waals surface area contributed by atoms with Crippen LogP contribution < -0.4 is 9.47 Å².